The van der Waals surface area contributed by atoms with Gasteiger partial charge in [0.25, 0.3) is 5.91 Å². The molecule has 0 atom stereocenters. The van der Waals surface area contributed by atoms with Crippen LogP contribution in [-0.2, 0) is 22.4 Å². The van der Waals surface area contributed by atoms with E-state index in [0.29, 0.717) is 24.4 Å². The van der Waals surface area contributed by atoms with Crippen molar-refractivity contribution in [2.75, 3.05) is 25.6 Å². The van der Waals surface area contributed by atoms with Crippen LogP contribution >= 0.6 is 0 Å². The zero-order valence-electron chi connectivity index (χ0n) is 15.4. The van der Waals surface area contributed by atoms with Gasteiger partial charge in [-0.05, 0) is 36.1 Å². The fourth-order valence-electron chi connectivity index (χ4n) is 2.58. The Hall–Kier alpha value is -2.66. The van der Waals surface area contributed by atoms with E-state index in [1.165, 1.54) is 5.56 Å². The van der Waals surface area contributed by atoms with E-state index in [1.807, 2.05) is 24.3 Å². The van der Waals surface area contributed by atoms with Crippen LogP contribution in [0, 0.1) is 0 Å². The van der Waals surface area contributed by atoms with Gasteiger partial charge in [-0.1, -0.05) is 43.3 Å². The minimum atomic E-state index is -0.204. The Morgan fingerprint density at radius 3 is 2.38 bits per heavy atom. The van der Waals surface area contributed by atoms with E-state index in [2.05, 4.69) is 17.6 Å². The predicted molar refractivity (Wildman–Crippen MR) is 103 cm³/mol. The molecule has 0 saturated heterocycles. The molecular weight excluding hydrogens is 328 g/mol. The van der Waals surface area contributed by atoms with Gasteiger partial charge in [-0.2, -0.15) is 0 Å². The number of para-hydroxylation sites is 1. The molecule has 0 heterocycles. The van der Waals surface area contributed by atoms with Gasteiger partial charge in [-0.25, -0.2) is 0 Å². The van der Waals surface area contributed by atoms with Crippen molar-refractivity contribution in [1.29, 1.82) is 0 Å². The summed E-state index contributed by atoms with van der Waals surface area (Å²) in [5.41, 5.74) is 3.16. The summed E-state index contributed by atoms with van der Waals surface area (Å²) in [6.45, 7) is 3.22. The van der Waals surface area contributed by atoms with Gasteiger partial charge in [0.1, 0.15) is 0 Å². The number of ether oxygens (including phenoxy) is 1. The maximum absolute atomic E-state index is 12.4. The second-order valence-corrected chi connectivity index (χ2v) is 6.04. The summed E-state index contributed by atoms with van der Waals surface area (Å²) in [7, 11) is 1.63. The summed E-state index contributed by atoms with van der Waals surface area (Å²) < 4.78 is 4.97. The molecule has 2 amide bonds. The maximum Gasteiger partial charge on any atom is 0.253 e. The summed E-state index contributed by atoms with van der Waals surface area (Å²) in [5, 5.41) is 5.69. The fourth-order valence-corrected chi connectivity index (χ4v) is 2.58. The first-order valence-corrected chi connectivity index (χ1v) is 8.88. The summed E-state index contributed by atoms with van der Waals surface area (Å²) in [6, 6.07) is 15.0. The van der Waals surface area contributed by atoms with Gasteiger partial charge in [-0.3, -0.25) is 9.59 Å². The van der Waals surface area contributed by atoms with Gasteiger partial charge in [0.2, 0.25) is 5.91 Å². The van der Waals surface area contributed by atoms with Crippen molar-refractivity contribution in [3.63, 3.8) is 0 Å². The molecule has 0 radical (unpaired) electrons. The predicted octanol–water partition coefficient (Wildman–Crippen LogP) is 3.20. The quantitative estimate of drug-likeness (QED) is 0.680. The standard InChI is InChI=1S/C21H26N2O3/c1-3-16-9-11-17(12-10-16)15-20(24)23-19-8-5-4-7-18(19)21(25)22-13-6-14-26-2/h4-5,7-12H,3,6,13-15H2,1-2H3,(H,22,25)(H,23,24). The van der Waals surface area contributed by atoms with E-state index in [0.717, 1.165) is 18.4 Å². The lowest BCUT2D eigenvalue weighted by atomic mass is 10.1. The second kappa shape index (κ2) is 10.4. The minimum absolute atomic E-state index is 0.145. The average molecular weight is 354 g/mol. The topological polar surface area (TPSA) is 67.4 Å². The van der Waals surface area contributed by atoms with Gasteiger partial charge in [0, 0.05) is 20.3 Å². The Morgan fingerprint density at radius 1 is 1.00 bits per heavy atom. The second-order valence-electron chi connectivity index (χ2n) is 6.04. The summed E-state index contributed by atoms with van der Waals surface area (Å²) in [6.07, 6.45) is 1.98. The van der Waals surface area contributed by atoms with Crippen molar-refractivity contribution in [2.45, 2.75) is 26.2 Å². The van der Waals surface area contributed by atoms with Crippen LogP contribution in [0.5, 0.6) is 0 Å². The number of rotatable bonds is 9. The number of amides is 2. The van der Waals surface area contributed by atoms with Crippen molar-refractivity contribution in [1.82, 2.24) is 5.32 Å². The van der Waals surface area contributed by atoms with Gasteiger partial charge < -0.3 is 15.4 Å². The third-order valence-electron chi connectivity index (χ3n) is 4.05. The molecule has 0 fully saturated rings. The van der Waals surface area contributed by atoms with Crippen LogP contribution in [0.3, 0.4) is 0 Å². The Kier molecular flexibility index (Phi) is 7.83. The highest BCUT2D eigenvalue weighted by Gasteiger charge is 2.13. The SMILES string of the molecule is CCc1ccc(CC(=O)Nc2ccccc2C(=O)NCCCOC)cc1. The van der Waals surface area contributed by atoms with Gasteiger partial charge in [0.15, 0.2) is 0 Å². The molecule has 2 aromatic carbocycles. The summed E-state index contributed by atoms with van der Waals surface area (Å²) in [4.78, 5) is 24.7. The zero-order valence-corrected chi connectivity index (χ0v) is 15.4. The summed E-state index contributed by atoms with van der Waals surface area (Å²) in [5.74, 6) is -0.349. The largest absolute Gasteiger partial charge is 0.385 e. The molecule has 5 heteroatoms. The molecule has 0 spiro atoms. The molecule has 26 heavy (non-hydrogen) atoms. The van der Waals surface area contributed by atoms with Crippen LogP contribution in [0.4, 0.5) is 5.69 Å². The van der Waals surface area contributed by atoms with Crippen molar-refractivity contribution >= 4 is 17.5 Å². The average Bonchev–Trinajstić information content (AvgIpc) is 2.66. The smallest absolute Gasteiger partial charge is 0.253 e. The number of hydrogen-bond acceptors (Lipinski definition) is 3. The van der Waals surface area contributed by atoms with Crippen molar-refractivity contribution in [3.8, 4) is 0 Å². The van der Waals surface area contributed by atoms with Crippen LogP contribution in [0.1, 0.15) is 34.8 Å². The normalized spacial score (nSPS) is 10.4. The molecule has 2 rings (SSSR count). The molecule has 0 aliphatic heterocycles. The van der Waals surface area contributed by atoms with E-state index in [1.54, 1.807) is 31.4 Å². The lowest BCUT2D eigenvalue weighted by molar-refractivity contribution is -0.115. The maximum atomic E-state index is 12.4. The monoisotopic (exact) mass is 354 g/mol. The Balaban J connectivity index is 1.97. The van der Waals surface area contributed by atoms with Crippen molar-refractivity contribution in [3.05, 3.63) is 65.2 Å². The van der Waals surface area contributed by atoms with Gasteiger partial charge in [-0.15, -0.1) is 0 Å². The molecule has 5 nitrogen and oxygen atoms in total. The van der Waals surface area contributed by atoms with Crippen molar-refractivity contribution < 1.29 is 14.3 Å². The third-order valence-corrected chi connectivity index (χ3v) is 4.05. The molecule has 0 saturated carbocycles. The first-order valence-electron chi connectivity index (χ1n) is 8.88. The molecule has 0 unspecified atom stereocenters. The molecule has 0 aliphatic rings. The third kappa shape index (κ3) is 6.01. The molecule has 138 valence electrons. The summed E-state index contributed by atoms with van der Waals surface area (Å²) >= 11 is 0. The number of carbonyl (C=O) groups is 2. The molecule has 0 aromatic heterocycles. The van der Waals surface area contributed by atoms with Crippen molar-refractivity contribution in [2.24, 2.45) is 0 Å². The fraction of sp³-hybridized carbons (Fsp3) is 0.333. The van der Waals surface area contributed by atoms with E-state index in [9.17, 15) is 9.59 Å². The van der Waals surface area contributed by atoms with Crippen LogP contribution in [0.25, 0.3) is 0 Å². The van der Waals surface area contributed by atoms with E-state index < -0.39 is 0 Å². The van der Waals surface area contributed by atoms with E-state index in [4.69, 9.17) is 4.74 Å². The van der Waals surface area contributed by atoms with Crippen LogP contribution in [-0.4, -0.2) is 32.1 Å². The number of methoxy groups -OCH3 is 1. The molecular formula is C21H26N2O3. The molecule has 0 bridgehead atoms. The number of anilines is 1. The number of benzene rings is 2. The number of nitrogens with one attached hydrogen (secondary N) is 2. The highest BCUT2D eigenvalue weighted by molar-refractivity contribution is 6.04. The molecule has 0 aliphatic carbocycles. The lowest BCUT2D eigenvalue weighted by Crippen LogP contribution is -2.27. The molecule has 2 N–H and O–H groups in total. The first kappa shape index (κ1) is 19.7. The highest BCUT2D eigenvalue weighted by Crippen LogP contribution is 2.16. The van der Waals surface area contributed by atoms with E-state index >= 15 is 0 Å². The Morgan fingerprint density at radius 2 is 1.69 bits per heavy atom. The zero-order chi connectivity index (χ0) is 18.8. The Bertz CT molecular complexity index is 726. The highest BCUT2D eigenvalue weighted by atomic mass is 16.5. The van der Waals surface area contributed by atoms with Crippen LogP contribution in [0.15, 0.2) is 48.5 Å². The Labute approximate surface area is 154 Å². The number of aryl methyl sites for hydroxylation is 1. The van der Waals surface area contributed by atoms with Gasteiger partial charge >= 0.3 is 0 Å². The number of hydrogen-bond donors (Lipinski definition) is 2. The van der Waals surface area contributed by atoms with Crippen LogP contribution in [0.2, 0.25) is 0 Å². The lowest BCUT2D eigenvalue weighted by Gasteiger charge is -2.11. The first-order chi connectivity index (χ1) is 12.6. The van der Waals surface area contributed by atoms with Gasteiger partial charge in [0.05, 0.1) is 17.7 Å². The minimum Gasteiger partial charge on any atom is -0.385 e. The van der Waals surface area contributed by atoms with Crippen LogP contribution < -0.4 is 10.6 Å². The van der Waals surface area contributed by atoms with E-state index in [-0.39, 0.29) is 18.2 Å². The molecule has 2 aromatic rings. The number of carbonyl (C=O) groups excluding carboxylic acids is 2.